The quantitative estimate of drug-likeness (QED) is 0.316. The summed E-state index contributed by atoms with van der Waals surface area (Å²) in [5.41, 5.74) is 4.53. The molecule has 1 aliphatic rings. The first-order valence-corrected chi connectivity index (χ1v) is 12.5. The van der Waals surface area contributed by atoms with Gasteiger partial charge >= 0.3 is 0 Å². The van der Waals surface area contributed by atoms with E-state index in [2.05, 4.69) is 56.3 Å². The summed E-state index contributed by atoms with van der Waals surface area (Å²) in [6.07, 6.45) is 21.6. The summed E-state index contributed by atoms with van der Waals surface area (Å²) in [6, 6.07) is 14.2. The summed E-state index contributed by atoms with van der Waals surface area (Å²) >= 11 is 0. The Kier molecular flexibility index (Phi) is 9.32. The molecule has 0 aromatic heterocycles. The lowest BCUT2D eigenvalue weighted by Crippen LogP contribution is -2.05. The van der Waals surface area contributed by atoms with Crippen LogP contribution in [-0.2, 0) is 6.42 Å². The minimum Gasteiger partial charge on any atom is -0.0804 e. The average Bonchev–Trinajstić information content (AvgIpc) is 2.76. The molecule has 2 aromatic rings. The monoisotopic (exact) mass is 390 g/mol. The lowest BCUT2D eigenvalue weighted by molar-refractivity contribution is 0.424. The van der Waals surface area contributed by atoms with Crippen LogP contribution < -0.4 is 0 Å². The number of hydrogen-bond donors (Lipinski definition) is 0. The SMILES string of the molecule is CCCCCCCC1CC=C(c2ccc3cc(CCCCCC)ccc3c2)CC1. The second-order valence-corrected chi connectivity index (χ2v) is 9.28. The first-order chi connectivity index (χ1) is 14.3. The molecule has 0 saturated carbocycles. The Balaban J connectivity index is 1.53. The molecule has 0 saturated heterocycles. The molecule has 0 nitrogen and oxygen atoms in total. The Morgan fingerprint density at radius 3 is 2.24 bits per heavy atom. The highest BCUT2D eigenvalue weighted by Crippen LogP contribution is 2.34. The standard InChI is InChI=1S/C29H42/c1-3-5-7-9-11-12-24-14-17-26(18-15-24)28-21-20-27-22-25(13-10-8-6-4-2)16-19-29(27)23-28/h16-17,19-24H,3-15,18H2,1-2H3. The molecule has 158 valence electrons. The van der Waals surface area contributed by atoms with Crippen LogP contribution in [0.15, 0.2) is 42.5 Å². The van der Waals surface area contributed by atoms with Gasteiger partial charge in [-0.25, -0.2) is 0 Å². The van der Waals surface area contributed by atoms with Gasteiger partial charge in [0.2, 0.25) is 0 Å². The lowest BCUT2D eigenvalue weighted by atomic mass is 9.83. The number of unbranched alkanes of at least 4 members (excludes halogenated alkanes) is 7. The third-order valence-corrected chi connectivity index (χ3v) is 6.83. The fourth-order valence-electron chi connectivity index (χ4n) is 4.86. The molecule has 1 atom stereocenters. The Morgan fingerprint density at radius 2 is 1.48 bits per heavy atom. The van der Waals surface area contributed by atoms with Crippen LogP contribution in [0.5, 0.6) is 0 Å². The maximum absolute atomic E-state index is 2.55. The van der Waals surface area contributed by atoms with Gasteiger partial charge in [-0.05, 0) is 71.6 Å². The maximum atomic E-state index is 2.55. The zero-order valence-electron chi connectivity index (χ0n) is 19.0. The molecular weight excluding hydrogens is 348 g/mol. The molecule has 1 unspecified atom stereocenters. The van der Waals surface area contributed by atoms with Crippen molar-refractivity contribution in [2.45, 2.75) is 104 Å². The number of allylic oxidation sites excluding steroid dienone is 2. The van der Waals surface area contributed by atoms with Gasteiger partial charge < -0.3 is 0 Å². The summed E-state index contributed by atoms with van der Waals surface area (Å²) in [6.45, 7) is 4.58. The summed E-state index contributed by atoms with van der Waals surface area (Å²) in [5.74, 6) is 0.927. The van der Waals surface area contributed by atoms with E-state index in [-0.39, 0.29) is 0 Å². The highest BCUT2D eigenvalue weighted by atomic mass is 14.2. The molecule has 0 amide bonds. The van der Waals surface area contributed by atoms with Crippen molar-refractivity contribution in [1.82, 2.24) is 0 Å². The van der Waals surface area contributed by atoms with Crippen molar-refractivity contribution in [1.29, 1.82) is 0 Å². The van der Waals surface area contributed by atoms with Crippen molar-refractivity contribution in [3.8, 4) is 0 Å². The smallest absolute Gasteiger partial charge is 0.0178 e. The average molecular weight is 391 g/mol. The predicted molar refractivity (Wildman–Crippen MR) is 130 cm³/mol. The minimum absolute atomic E-state index is 0.927. The highest BCUT2D eigenvalue weighted by molar-refractivity contribution is 5.87. The fraction of sp³-hybridized carbons (Fsp3) is 0.586. The summed E-state index contributed by atoms with van der Waals surface area (Å²) in [4.78, 5) is 0. The molecule has 0 aliphatic heterocycles. The zero-order valence-corrected chi connectivity index (χ0v) is 19.0. The number of rotatable bonds is 12. The van der Waals surface area contributed by atoms with Crippen LogP contribution in [0.1, 0.15) is 108 Å². The molecule has 2 aromatic carbocycles. The van der Waals surface area contributed by atoms with Crippen molar-refractivity contribution in [3.63, 3.8) is 0 Å². The van der Waals surface area contributed by atoms with Crippen LogP contribution in [0.3, 0.4) is 0 Å². The number of hydrogen-bond acceptors (Lipinski definition) is 0. The van der Waals surface area contributed by atoms with Crippen molar-refractivity contribution in [2.24, 2.45) is 5.92 Å². The molecule has 0 bridgehead atoms. The van der Waals surface area contributed by atoms with Crippen LogP contribution in [0.25, 0.3) is 16.3 Å². The van der Waals surface area contributed by atoms with Gasteiger partial charge in [0.05, 0.1) is 0 Å². The van der Waals surface area contributed by atoms with Crippen molar-refractivity contribution >= 4 is 16.3 Å². The van der Waals surface area contributed by atoms with Crippen molar-refractivity contribution in [2.75, 3.05) is 0 Å². The van der Waals surface area contributed by atoms with E-state index in [1.165, 1.54) is 112 Å². The van der Waals surface area contributed by atoms with Gasteiger partial charge in [0, 0.05) is 0 Å². The Labute approximate surface area is 179 Å². The highest BCUT2D eigenvalue weighted by Gasteiger charge is 2.15. The molecule has 0 spiro atoms. The Morgan fingerprint density at radius 1 is 0.759 bits per heavy atom. The lowest BCUT2D eigenvalue weighted by Gasteiger charge is -2.22. The van der Waals surface area contributed by atoms with Gasteiger partial charge in [-0.3, -0.25) is 0 Å². The van der Waals surface area contributed by atoms with Crippen molar-refractivity contribution < 1.29 is 0 Å². The van der Waals surface area contributed by atoms with Gasteiger partial charge in [-0.1, -0.05) is 108 Å². The third-order valence-electron chi connectivity index (χ3n) is 6.83. The number of benzene rings is 2. The molecule has 0 N–H and O–H groups in total. The predicted octanol–water partition coefficient (Wildman–Crippen LogP) is 9.51. The largest absolute Gasteiger partial charge is 0.0804 e. The van der Waals surface area contributed by atoms with Gasteiger partial charge in [0.15, 0.2) is 0 Å². The number of fused-ring (bicyclic) bond motifs is 1. The van der Waals surface area contributed by atoms with E-state index in [0.29, 0.717) is 0 Å². The van der Waals surface area contributed by atoms with Crippen LogP contribution in [0, 0.1) is 5.92 Å². The molecule has 0 heteroatoms. The van der Waals surface area contributed by atoms with E-state index in [4.69, 9.17) is 0 Å². The van der Waals surface area contributed by atoms with Crippen molar-refractivity contribution in [3.05, 3.63) is 53.6 Å². The molecule has 0 fully saturated rings. The van der Waals surface area contributed by atoms with E-state index in [9.17, 15) is 0 Å². The number of aryl methyl sites for hydroxylation is 1. The molecule has 3 rings (SSSR count). The van der Waals surface area contributed by atoms with E-state index in [1.807, 2.05) is 0 Å². The molecular formula is C29H42. The normalized spacial score (nSPS) is 16.9. The van der Waals surface area contributed by atoms with Crippen LogP contribution >= 0.6 is 0 Å². The van der Waals surface area contributed by atoms with E-state index in [1.54, 1.807) is 5.57 Å². The molecule has 0 heterocycles. The topological polar surface area (TPSA) is 0 Å². The van der Waals surface area contributed by atoms with Gasteiger partial charge in [-0.2, -0.15) is 0 Å². The van der Waals surface area contributed by atoms with Gasteiger partial charge in [-0.15, -0.1) is 0 Å². The summed E-state index contributed by atoms with van der Waals surface area (Å²) < 4.78 is 0. The van der Waals surface area contributed by atoms with Crippen LogP contribution in [-0.4, -0.2) is 0 Å². The van der Waals surface area contributed by atoms with E-state index in [0.717, 1.165) is 5.92 Å². The Hall–Kier alpha value is -1.56. The van der Waals surface area contributed by atoms with Crippen LogP contribution in [0.4, 0.5) is 0 Å². The maximum Gasteiger partial charge on any atom is -0.0178 e. The second kappa shape index (κ2) is 12.2. The van der Waals surface area contributed by atoms with E-state index >= 15 is 0 Å². The van der Waals surface area contributed by atoms with Gasteiger partial charge in [0.25, 0.3) is 0 Å². The van der Waals surface area contributed by atoms with Gasteiger partial charge in [0.1, 0.15) is 0 Å². The minimum atomic E-state index is 0.927. The molecule has 29 heavy (non-hydrogen) atoms. The molecule has 0 radical (unpaired) electrons. The molecule has 1 aliphatic carbocycles. The summed E-state index contributed by atoms with van der Waals surface area (Å²) in [7, 11) is 0. The first-order valence-electron chi connectivity index (χ1n) is 12.5. The third kappa shape index (κ3) is 7.02. The summed E-state index contributed by atoms with van der Waals surface area (Å²) in [5, 5.41) is 2.81. The van der Waals surface area contributed by atoms with Crippen LogP contribution in [0.2, 0.25) is 0 Å². The fourth-order valence-corrected chi connectivity index (χ4v) is 4.86. The van der Waals surface area contributed by atoms with E-state index < -0.39 is 0 Å². The Bertz CT molecular complexity index is 767. The zero-order chi connectivity index (χ0) is 20.3. The second-order valence-electron chi connectivity index (χ2n) is 9.28. The first kappa shape index (κ1) is 22.1.